The number of carbonyl (C=O) groups excluding carboxylic acids is 1. The largest absolute Gasteiger partial charge is 0.459 e. The summed E-state index contributed by atoms with van der Waals surface area (Å²) in [5, 5.41) is 9.41. The number of nitrogens with one attached hydrogen (secondary N) is 3. The number of rotatable bonds is 8. The highest BCUT2D eigenvalue weighted by Crippen LogP contribution is 2.23. The topological polar surface area (TPSA) is 78.7 Å². The number of amides is 1. The lowest BCUT2D eigenvalue weighted by atomic mass is 9.91. The Bertz CT molecular complexity index is 854. The van der Waals surface area contributed by atoms with Crippen LogP contribution in [0.2, 0.25) is 0 Å². The lowest BCUT2D eigenvalue weighted by Crippen LogP contribution is -2.42. The molecule has 1 aromatic heterocycles. The number of nitrogens with zero attached hydrogens (tertiary/aromatic N) is 1. The van der Waals surface area contributed by atoms with Crippen LogP contribution in [0.3, 0.4) is 0 Å². The average molecular weight is 390 g/mol. The van der Waals surface area contributed by atoms with Gasteiger partial charge in [-0.15, -0.1) is 0 Å². The van der Waals surface area contributed by atoms with Crippen LogP contribution < -0.4 is 16.0 Å². The molecule has 3 rings (SSSR count). The van der Waals surface area contributed by atoms with E-state index in [1.807, 2.05) is 12.1 Å². The Morgan fingerprint density at radius 3 is 2.03 bits per heavy atom. The number of carbonyl (C=O) groups is 1. The van der Waals surface area contributed by atoms with Crippen molar-refractivity contribution in [2.24, 2.45) is 4.99 Å². The normalized spacial score (nSPS) is 11.3. The van der Waals surface area contributed by atoms with E-state index >= 15 is 0 Å². The Kier molecular flexibility index (Phi) is 7.46. The molecule has 0 bridgehead atoms. The van der Waals surface area contributed by atoms with E-state index < -0.39 is 0 Å². The lowest BCUT2D eigenvalue weighted by molar-refractivity contribution is 0.0926. The van der Waals surface area contributed by atoms with Gasteiger partial charge in [-0.1, -0.05) is 60.7 Å². The van der Waals surface area contributed by atoms with Crippen molar-refractivity contribution in [1.29, 1.82) is 0 Å². The summed E-state index contributed by atoms with van der Waals surface area (Å²) in [4.78, 5) is 16.1. The van der Waals surface area contributed by atoms with E-state index in [2.05, 4.69) is 69.5 Å². The fraction of sp³-hybridized carbons (Fsp3) is 0.217. The van der Waals surface area contributed by atoms with Crippen LogP contribution in [-0.2, 0) is 0 Å². The average Bonchev–Trinajstić information content (AvgIpc) is 3.32. The van der Waals surface area contributed by atoms with Crippen LogP contribution in [0.25, 0.3) is 0 Å². The maximum absolute atomic E-state index is 11.9. The van der Waals surface area contributed by atoms with Gasteiger partial charge < -0.3 is 20.4 Å². The maximum Gasteiger partial charge on any atom is 0.287 e. The molecule has 0 atom stereocenters. The zero-order chi connectivity index (χ0) is 20.3. The number of aliphatic imine (C=N–C) groups is 1. The van der Waals surface area contributed by atoms with Crippen molar-refractivity contribution >= 4 is 11.9 Å². The summed E-state index contributed by atoms with van der Waals surface area (Å²) < 4.78 is 5.08. The number of furan rings is 1. The van der Waals surface area contributed by atoms with Gasteiger partial charge in [0.15, 0.2) is 11.7 Å². The minimum atomic E-state index is -0.229. The van der Waals surface area contributed by atoms with Gasteiger partial charge in [-0.3, -0.25) is 9.79 Å². The molecular weight excluding hydrogens is 364 g/mol. The highest BCUT2D eigenvalue weighted by molar-refractivity contribution is 5.91. The zero-order valence-corrected chi connectivity index (χ0v) is 16.5. The van der Waals surface area contributed by atoms with Gasteiger partial charge in [0.2, 0.25) is 0 Å². The molecule has 0 spiro atoms. The van der Waals surface area contributed by atoms with Crippen molar-refractivity contribution in [2.45, 2.75) is 5.92 Å². The second-order valence-corrected chi connectivity index (χ2v) is 6.49. The molecule has 3 aromatic rings. The Morgan fingerprint density at radius 2 is 1.48 bits per heavy atom. The van der Waals surface area contributed by atoms with Gasteiger partial charge in [0, 0.05) is 32.6 Å². The molecule has 2 aromatic carbocycles. The maximum atomic E-state index is 11.9. The predicted octanol–water partition coefficient (Wildman–Crippen LogP) is 3.01. The van der Waals surface area contributed by atoms with Crippen molar-refractivity contribution in [3.63, 3.8) is 0 Å². The molecule has 0 fully saturated rings. The molecule has 6 heteroatoms. The summed E-state index contributed by atoms with van der Waals surface area (Å²) in [6.45, 7) is 1.71. The van der Waals surface area contributed by atoms with Gasteiger partial charge >= 0.3 is 0 Å². The minimum absolute atomic E-state index is 0.203. The second-order valence-electron chi connectivity index (χ2n) is 6.49. The van der Waals surface area contributed by atoms with E-state index in [0.29, 0.717) is 31.4 Å². The molecule has 150 valence electrons. The van der Waals surface area contributed by atoms with Crippen LogP contribution in [0.5, 0.6) is 0 Å². The first kappa shape index (κ1) is 20.2. The summed E-state index contributed by atoms with van der Waals surface area (Å²) in [7, 11) is 1.73. The molecule has 0 saturated heterocycles. The van der Waals surface area contributed by atoms with Crippen LogP contribution in [0.1, 0.15) is 27.6 Å². The van der Waals surface area contributed by atoms with Crippen molar-refractivity contribution in [2.75, 3.05) is 26.7 Å². The molecule has 3 N–H and O–H groups in total. The molecule has 0 unspecified atom stereocenters. The third kappa shape index (κ3) is 5.97. The first-order valence-corrected chi connectivity index (χ1v) is 9.64. The fourth-order valence-corrected chi connectivity index (χ4v) is 3.07. The summed E-state index contributed by atoms with van der Waals surface area (Å²) in [5.41, 5.74) is 2.49. The fourth-order valence-electron chi connectivity index (χ4n) is 3.07. The minimum Gasteiger partial charge on any atom is -0.459 e. The van der Waals surface area contributed by atoms with Crippen LogP contribution >= 0.6 is 0 Å². The summed E-state index contributed by atoms with van der Waals surface area (Å²) in [5.74, 6) is 0.970. The molecule has 29 heavy (non-hydrogen) atoms. The summed E-state index contributed by atoms with van der Waals surface area (Å²) >= 11 is 0. The van der Waals surface area contributed by atoms with Crippen molar-refractivity contribution in [1.82, 2.24) is 16.0 Å². The van der Waals surface area contributed by atoms with E-state index in [0.717, 1.165) is 0 Å². The molecule has 0 aliphatic heterocycles. The zero-order valence-electron chi connectivity index (χ0n) is 16.5. The van der Waals surface area contributed by atoms with E-state index in [1.165, 1.54) is 17.4 Å². The van der Waals surface area contributed by atoms with Gasteiger partial charge in [-0.2, -0.15) is 0 Å². The van der Waals surface area contributed by atoms with Gasteiger partial charge in [0.25, 0.3) is 5.91 Å². The number of guanidine groups is 1. The molecule has 0 aliphatic rings. The standard InChI is InChI=1S/C23H26N4O2/c1-24-23(26-15-14-25-22(28)21-13-8-16-29-21)27-17-20(18-9-4-2-5-10-18)19-11-6-3-7-12-19/h2-13,16,20H,14-15,17H2,1H3,(H,25,28)(H2,24,26,27). The van der Waals surface area contributed by atoms with Crippen molar-refractivity contribution in [3.8, 4) is 0 Å². The van der Waals surface area contributed by atoms with Gasteiger partial charge in [0.05, 0.1) is 6.26 Å². The van der Waals surface area contributed by atoms with Gasteiger partial charge in [-0.05, 0) is 23.3 Å². The van der Waals surface area contributed by atoms with Crippen LogP contribution in [0.15, 0.2) is 88.5 Å². The molecule has 0 radical (unpaired) electrons. The Balaban J connectivity index is 1.52. The third-order valence-corrected chi connectivity index (χ3v) is 4.55. The smallest absolute Gasteiger partial charge is 0.287 e. The summed E-state index contributed by atoms with van der Waals surface area (Å²) in [6, 6.07) is 24.2. The van der Waals surface area contributed by atoms with Gasteiger partial charge in [0.1, 0.15) is 0 Å². The SMILES string of the molecule is CN=C(NCCNC(=O)c1ccco1)NCC(c1ccccc1)c1ccccc1. The first-order chi connectivity index (χ1) is 14.3. The molecular formula is C23H26N4O2. The number of hydrogen-bond acceptors (Lipinski definition) is 3. The quantitative estimate of drug-likeness (QED) is 0.314. The van der Waals surface area contributed by atoms with Crippen LogP contribution in [0, 0.1) is 0 Å². The Morgan fingerprint density at radius 1 is 0.862 bits per heavy atom. The summed E-state index contributed by atoms with van der Waals surface area (Å²) in [6.07, 6.45) is 1.48. The molecule has 0 saturated carbocycles. The van der Waals surface area contributed by atoms with Gasteiger partial charge in [-0.25, -0.2) is 0 Å². The van der Waals surface area contributed by atoms with Crippen molar-refractivity contribution < 1.29 is 9.21 Å². The Hall–Kier alpha value is -3.54. The van der Waals surface area contributed by atoms with E-state index in [1.54, 1.807) is 19.2 Å². The van der Waals surface area contributed by atoms with Crippen molar-refractivity contribution in [3.05, 3.63) is 95.9 Å². The van der Waals surface area contributed by atoms with Crippen LogP contribution in [-0.4, -0.2) is 38.5 Å². The predicted molar refractivity (Wildman–Crippen MR) is 115 cm³/mol. The van der Waals surface area contributed by atoms with E-state index in [-0.39, 0.29) is 11.8 Å². The van der Waals surface area contributed by atoms with E-state index in [9.17, 15) is 4.79 Å². The molecule has 6 nitrogen and oxygen atoms in total. The third-order valence-electron chi connectivity index (χ3n) is 4.55. The molecule has 1 amide bonds. The molecule has 1 heterocycles. The Labute approximate surface area is 171 Å². The number of hydrogen-bond donors (Lipinski definition) is 3. The lowest BCUT2D eigenvalue weighted by Gasteiger charge is -2.20. The second kappa shape index (κ2) is 10.7. The number of benzene rings is 2. The van der Waals surface area contributed by atoms with E-state index in [4.69, 9.17) is 4.42 Å². The van der Waals surface area contributed by atoms with Crippen LogP contribution in [0.4, 0.5) is 0 Å². The molecule has 0 aliphatic carbocycles. The first-order valence-electron chi connectivity index (χ1n) is 9.64. The highest BCUT2D eigenvalue weighted by atomic mass is 16.3. The highest BCUT2D eigenvalue weighted by Gasteiger charge is 2.14. The monoisotopic (exact) mass is 390 g/mol.